The molecule has 5 nitrogen and oxygen atoms in total. The second-order valence-electron chi connectivity index (χ2n) is 4.34. The standard InChI is InChI=1S/C13H15F3N2O3/c14-9-6-8(7-10(15)12(9)16)18-13(21)17-5-3-1-2-4-11(19)20/h6-7H,1-5H2,(H,19,20)(H2,17,18,21). The Hall–Kier alpha value is -2.25. The number of nitrogens with one attached hydrogen (secondary N) is 2. The minimum atomic E-state index is -1.60. The molecule has 1 aromatic carbocycles. The third-order valence-corrected chi connectivity index (χ3v) is 2.59. The van der Waals surface area contributed by atoms with E-state index < -0.39 is 29.5 Å². The second-order valence-corrected chi connectivity index (χ2v) is 4.34. The number of hydrogen-bond acceptors (Lipinski definition) is 2. The van der Waals surface area contributed by atoms with Gasteiger partial charge in [0.05, 0.1) is 0 Å². The molecule has 0 aliphatic heterocycles. The molecule has 116 valence electrons. The molecule has 2 amide bonds. The van der Waals surface area contributed by atoms with Crippen LogP contribution in [0.2, 0.25) is 0 Å². The summed E-state index contributed by atoms with van der Waals surface area (Å²) in [6, 6.07) is 0.661. The van der Waals surface area contributed by atoms with Crippen molar-refractivity contribution >= 4 is 17.7 Å². The van der Waals surface area contributed by atoms with E-state index in [1.807, 2.05) is 0 Å². The van der Waals surface area contributed by atoms with Crippen LogP contribution < -0.4 is 10.6 Å². The van der Waals surface area contributed by atoms with Gasteiger partial charge in [0.15, 0.2) is 17.5 Å². The quantitative estimate of drug-likeness (QED) is 0.535. The molecule has 3 N–H and O–H groups in total. The highest BCUT2D eigenvalue weighted by Gasteiger charge is 2.11. The zero-order valence-electron chi connectivity index (χ0n) is 11.1. The van der Waals surface area contributed by atoms with Gasteiger partial charge in [0.1, 0.15) is 0 Å². The van der Waals surface area contributed by atoms with Crippen molar-refractivity contribution in [3.8, 4) is 0 Å². The number of halogens is 3. The van der Waals surface area contributed by atoms with Gasteiger partial charge in [0, 0.05) is 30.8 Å². The largest absolute Gasteiger partial charge is 0.481 e. The van der Waals surface area contributed by atoms with Crippen LogP contribution in [0.25, 0.3) is 0 Å². The monoisotopic (exact) mass is 304 g/mol. The maximum absolute atomic E-state index is 12.9. The van der Waals surface area contributed by atoms with Crippen LogP contribution in [-0.4, -0.2) is 23.7 Å². The molecule has 0 bridgehead atoms. The van der Waals surface area contributed by atoms with Crippen molar-refractivity contribution in [3.63, 3.8) is 0 Å². The summed E-state index contributed by atoms with van der Waals surface area (Å²) in [5, 5.41) is 13.0. The number of rotatable bonds is 7. The van der Waals surface area contributed by atoms with Crippen LogP contribution in [0.4, 0.5) is 23.7 Å². The minimum Gasteiger partial charge on any atom is -0.481 e. The summed E-state index contributed by atoms with van der Waals surface area (Å²) in [4.78, 5) is 21.7. The molecule has 0 unspecified atom stereocenters. The van der Waals surface area contributed by atoms with Gasteiger partial charge in [0.2, 0.25) is 0 Å². The van der Waals surface area contributed by atoms with Crippen molar-refractivity contribution in [2.75, 3.05) is 11.9 Å². The van der Waals surface area contributed by atoms with E-state index in [9.17, 15) is 22.8 Å². The third-order valence-electron chi connectivity index (χ3n) is 2.59. The number of urea groups is 1. The van der Waals surface area contributed by atoms with E-state index >= 15 is 0 Å². The van der Waals surface area contributed by atoms with E-state index in [2.05, 4.69) is 10.6 Å². The minimum absolute atomic E-state index is 0.0698. The Bertz CT molecular complexity index is 500. The Morgan fingerprint density at radius 3 is 2.24 bits per heavy atom. The SMILES string of the molecule is O=C(O)CCCCCNC(=O)Nc1cc(F)c(F)c(F)c1. The Morgan fingerprint density at radius 1 is 1.05 bits per heavy atom. The zero-order valence-corrected chi connectivity index (χ0v) is 11.1. The van der Waals surface area contributed by atoms with E-state index in [1.54, 1.807) is 0 Å². The summed E-state index contributed by atoms with van der Waals surface area (Å²) < 4.78 is 38.5. The molecule has 0 heterocycles. The fourth-order valence-corrected chi connectivity index (χ4v) is 1.58. The molecule has 0 atom stereocenters. The van der Waals surface area contributed by atoms with Crippen molar-refractivity contribution in [2.24, 2.45) is 0 Å². The summed E-state index contributed by atoms with van der Waals surface area (Å²) >= 11 is 0. The van der Waals surface area contributed by atoms with Crippen LogP contribution in [0.5, 0.6) is 0 Å². The normalized spacial score (nSPS) is 10.2. The topological polar surface area (TPSA) is 78.4 Å². The van der Waals surface area contributed by atoms with E-state index in [-0.39, 0.29) is 18.7 Å². The first-order valence-electron chi connectivity index (χ1n) is 6.31. The van der Waals surface area contributed by atoms with Crippen LogP contribution in [0.1, 0.15) is 25.7 Å². The Balaban J connectivity index is 2.29. The molecule has 0 saturated heterocycles. The predicted molar refractivity (Wildman–Crippen MR) is 69.4 cm³/mol. The highest BCUT2D eigenvalue weighted by molar-refractivity contribution is 5.89. The molecule has 1 aromatic rings. The van der Waals surface area contributed by atoms with Gasteiger partial charge in [-0.15, -0.1) is 0 Å². The van der Waals surface area contributed by atoms with Gasteiger partial charge in [-0.2, -0.15) is 0 Å². The highest BCUT2D eigenvalue weighted by atomic mass is 19.2. The van der Waals surface area contributed by atoms with E-state index in [0.717, 1.165) is 0 Å². The summed E-state index contributed by atoms with van der Waals surface area (Å²) in [5.41, 5.74) is -0.199. The molecular weight excluding hydrogens is 289 g/mol. The van der Waals surface area contributed by atoms with Crippen LogP contribution in [-0.2, 0) is 4.79 Å². The number of carbonyl (C=O) groups excluding carboxylic acids is 1. The van der Waals surface area contributed by atoms with E-state index in [0.29, 0.717) is 31.4 Å². The third kappa shape index (κ3) is 6.15. The predicted octanol–water partition coefficient (Wildman–Crippen LogP) is 2.87. The van der Waals surface area contributed by atoms with Crippen molar-refractivity contribution in [3.05, 3.63) is 29.6 Å². The smallest absolute Gasteiger partial charge is 0.319 e. The van der Waals surface area contributed by atoms with Crippen LogP contribution in [0.3, 0.4) is 0 Å². The van der Waals surface area contributed by atoms with Crippen molar-refractivity contribution in [1.82, 2.24) is 5.32 Å². The van der Waals surface area contributed by atoms with Crippen molar-refractivity contribution < 1.29 is 27.9 Å². The lowest BCUT2D eigenvalue weighted by Crippen LogP contribution is -2.29. The molecule has 0 aromatic heterocycles. The number of carboxylic acid groups (broad SMARTS) is 1. The first-order chi connectivity index (χ1) is 9.90. The lowest BCUT2D eigenvalue weighted by molar-refractivity contribution is -0.137. The molecule has 0 aliphatic carbocycles. The number of anilines is 1. The molecule has 0 radical (unpaired) electrons. The molecule has 8 heteroatoms. The fourth-order valence-electron chi connectivity index (χ4n) is 1.58. The van der Waals surface area contributed by atoms with Crippen LogP contribution in [0.15, 0.2) is 12.1 Å². The maximum atomic E-state index is 12.9. The molecule has 0 spiro atoms. The Kier molecular flexibility index (Phi) is 6.51. The van der Waals surface area contributed by atoms with Gasteiger partial charge < -0.3 is 15.7 Å². The Morgan fingerprint density at radius 2 is 1.67 bits per heavy atom. The van der Waals surface area contributed by atoms with Crippen molar-refractivity contribution in [2.45, 2.75) is 25.7 Å². The van der Waals surface area contributed by atoms with E-state index in [4.69, 9.17) is 5.11 Å². The van der Waals surface area contributed by atoms with Gasteiger partial charge >= 0.3 is 12.0 Å². The molecule has 21 heavy (non-hydrogen) atoms. The average Bonchev–Trinajstić information content (AvgIpc) is 2.39. The lowest BCUT2D eigenvalue weighted by atomic mass is 10.2. The maximum Gasteiger partial charge on any atom is 0.319 e. The lowest BCUT2D eigenvalue weighted by Gasteiger charge is -2.08. The first-order valence-corrected chi connectivity index (χ1v) is 6.31. The number of aliphatic carboxylic acids is 1. The molecular formula is C13H15F3N2O3. The highest BCUT2D eigenvalue weighted by Crippen LogP contribution is 2.17. The van der Waals surface area contributed by atoms with Gasteiger partial charge in [-0.3, -0.25) is 4.79 Å². The number of carbonyl (C=O) groups is 2. The van der Waals surface area contributed by atoms with Gasteiger partial charge in [-0.25, -0.2) is 18.0 Å². The van der Waals surface area contributed by atoms with Crippen LogP contribution >= 0.6 is 0 Å². The number of amides is 2. The van der Waals surface area contributed by atoms with Gasteiger partial charge in [0.25, 0.3) is 0 Å². The zero-order chi connectivity index (χ0) is 15.8. The molecule has 0 fully saturated rings. The summed E-state index contributed by atoms with van der Waals surface area (Å²) in [6.07, 6.45) is 1.78. The number of benzene rings is 1. The van der Waals surface area contributed by atoms with Crippen molar-refractivity contribution in [1.29, 1.82) is 0 Å². The molecule has 1 rings (SSSR count). The average molecular weight is 304 g/mol. The number of hydrogen-bond donors (Lipinski definition) is 3. The van der Waals surface area contributed by atoms with Gasteiger partial charge in [-0.05, 0) is 12.8 Å². The number of unbranched alkanes of at least 4 members (excludes halogenated alkanes) is 2. The summed E-state index contributed by atoms with van der Waals surface area (Å²) in [6.45, 7) is 0.289. The Labute approximate surface area is 119 Å². The second kappa shape index (κ2) is 8.13. The van der Waals surface area contributed by atoms with Crippen LogP contribution in [0, 0.1) is 17.5 Å². The first kappa shape index (κ1) is 16.8. The van der Waals surface area contributed by atoms with E-state index in [1.165, 1.54) is 0 Å². The molecule has 0 aliphatic rings. The summed E-state index contributed by atoms with van der Waals surface area (Å²) in [7, 11) is 0. The summed E-state index contributed by atoms with van der Waals surface area (Å²) in [5.74, 6) is -5.25. The fraction of sp³-hybridized carbons (Fsp3) is 0.385. The number of carboxylic acids is 1. The van der Waals surface area contributed by atoms with Gasteiger partial charge in [-0.1, -0.05) is 6.42 Å². The molecule has 0 saturated carbocycles.